The summed E-state index contributed by atoms with van der Waals surface area (Å²) in [5, 5.41) is 2.93. The summed E-state index contributed by atoms with van der Waals surface area (Å²) < 4.78 is 33.1. The number of nitrogens with zero attached hydrogens (tertiary/aromatic N) is 1. The average molecular weight is 432 g/mol. The summed E-state index contributed by atoms with van der Waals surface area (Å²) in [6.07, 6.45) is 0.874. The van der Waals surface area contributed by atoms with Gasteiger partial charge >= 0.3 is 0 Å². The number of ether oxygens (including phenoxy) is 1. The number of nitrogens with one attached hydrogen (secondary N) is 2. The molecule has 8 heteroatoms. The third-order valence-electron chi connectivity index (χ3n) is 5.10. The average Bonchev–Trinajstić information content (AvgIpc) is 2.73. The van der Waals surface area contributed by atoms with Crippen molar-refractivity contribution in [1.29, 1.82) is 0 Å². The number of anilines is 1. The molecule has 0 saturated carbocycles. The quantitative estimate of drug-likeness (QED) is 0.627. The van der Waals surface area contributed by atoms with Crippen LogP contribution in [0.5, 0.6) is 0 Å². The molecule has 0 radical (unpaired) electrons. The molecule has 0 unspecified atom stereocenters. The van der Waals surface area contributed by atoms with E-state index in [1.807, 2.05) is 6.92 Å². The van der Waals surface area contributed by atoms with Crippen LogP contribution < -0.4 is 10.0 Å². The summed E-state index contributed by atoms with van der Waals surface area (Å²) in [6, 6.07) is 11.6. The molecule has 1 fully saturated rings. The Bertz CT molecular complexity index is 968. The minimum absolute atomic E-state index is 0.159. The largest absolute Gasteiger partial charge is 0.379 e. The van der Waals surface area contributed by atoms with Gasteiger partial charge in [0.05, 0.1) is 23.8 Å². The first-order valence-corrected chi connectivity index (χ1v) is 11.6. The van der Waals surface area contributed by atoms with Gasteiger partial charge in [-0.2, -0.15) is 0 Å². The van der Waals surface area contributed by atoms with E-state index in [4.69, 9.17) is 4.74 Å². The highest BCUT2D eigenvalue weighted by molar-refractivity contribution is 7.92. The van der Waals surface area contributed by atoms with Gasteiger partial charge in [0.2, 0.25) is 0 Å². The fraction of sp³-hybridized carbons (Fsp3) is 0.409. The van der Waals surface area contributed by atoms with Crippen LogP contribution in [-0.4, -0.2) is 58.6 Å². The molecule has 162 valence electrons. The maximum atomic E-state index is 12.6. The monoisotopic (exact) mass is 431 g/mol. The van der Waals surface area contributed by atoms with E-state index in [-0.39, 0.29) is 10.8 Å². The highest BCUT2D eigenvalue weighted by Crippen LogP contribution is 2.21. The van der Waals surface area contributed by atoms with Crippen LogP contribution in [0.3, 0.4) is 0 Å². The van der Waals surface area contributed by atoms with Crippen molar-refractivity contribution in [1.82, 2.24) is 10.2 Å². The molecule has 3 rings (SSSR count). The summed E-state index contributed by atoms with van der Waals surface area (Å²) in [6.45, 7) is 8.62. The van der Waals surface area contributed by atoms with Crippen LogP contribution >= 0.6 is 0 Å². The molecule has 0 spiro atoms. The van der Waals surface area contributed by atoms with Crippen LogP contribution in [0, 0.1) is 13.8 Å². The highest BCUT2D eigenvalue weighted by atomic mass is 32.2. The molecular formula is C22H29N3O4S. The van der Waals surface area contributed by atoms with E-state index in [2.05, 4.69) is 14.9 Å². The van der Waals surface area contributed by atoms with Crippen molar-refractivity contribution in [3.63, 3.8) is 0 Å². The van der Waals surface area contributed by atoms with Crippen LogP contribution in [0.2, 0.25) is 0 Å². The first-order chi connectivity index (χ1) is 14.3. The first kappa shape index (κ1) is 22.3. The van der Waals surface area contributed by atoms with Crippen LogP contribution in [0.4, 0.5) is 5.69 Å². The van der Waals surface area contributed by atoms with E-state index >= 15 is 0 Å². The highest BCUT2D eigenvalue weighted by Gasteiger charge is 2.16. The maximum Gasteiger partial charge on any atom is 0.261 e. The Hall–Kier alpha value is -2.42. The van der Waals surface area contributed by atoms with E-state index in [1.54, 1.807) is 49.4 Å². The molecule has 7 nitrogen and oxygen atoms in total. The number of aryl methyl sites for hydroxylation is 2. The molecule has 0 atom stereocenters. The lowest BCUT2D eigenvalue weighted by molar-refractivity contribution is 0.0374. The summed E-state index contributed by atoms with van der Waals surface area (Å²) in [5.41, 5.74) is 2.65. The summed E-state index contributed by atoms with van der Waals surface area (Å²) in [5.74, 6) is -0.159. The van der Waals surface area contributed by atoms with Gasteiger partial charge in [0, 0.05) is 25.2 Å². The molecule has 1 heterocycles. The maximum absolute atomic E-state index is 12.6. The minimum atomic E-state index is -3.68. The summed E-state index contributed by atoms with van der Waals surface area (Å²) >= 11 is 0. The van der Waals surface area contributed by atoms with Gasteiger partial charge in [-0.3, -0.25) is 14.4 Å². The van der Waals surface area contributed by atoms with Gasteiger partial charge in [-0.1, -0.05) is 17.7 Å². The lowest BCUT2D eigenvalue weighted by Crippen LogP contribution is -2.38. The van der Waals surface area contributed by atoms with Crippen molar-refractivity contribution in [3.8, 4) is 0 Å². The second-order valence-electron chi connectivity index (χ2n) is 7.51. The Labute approximate surface area is 178 Å². The lowest BCUT2D eigenvalue weighted by Gasteiger charge is -2.26. The molecule has 1 aliphatic heterocycles. The summed E-state index contributed by atoms with van der Waals surface area (Å²) in [7, 11) is -3.68. The zero-order chi connectivity index (χ0) is 21.6. The standard InChI is InChI=1S/C22H29N3O4S/c1-17-4-7-20(8-5-17)30(27,28)24-21-9-6-19(16-18(21)2)22(26)23-10-3-11-25-12-14-29-15-13-25/h4-9,16,24H,3,10-15H2,1-2H3,(H,23,26). The molecule has 0 aliphatic carbocycles. The zero-order valence-corrected chi connectivity index (χ0v) is 18.3. The normalized spacial score (nSPS) is 15.0. The third-order valence-corrected chi connectivity index (χ3v) is 6.49. The predicted molar refractivity (Wildman–Crippen MR) is 117 cm³/mol. The zero-order valence-electron chi connectivity index (χ0n) is 17.5. The van der Waals surface area contributed by atoms with Crippen LogP contribution in [0.1, 0.15) is 27.9 Å². The second-order valence-corrected chi connectivity index (χ2v) is 9.19. The topological polar surface area (TPSA) is 87.7 Å². The number of amides is 1. The van der Waals surface area contributed by atoms with Crippen molar-refractivity contribution >= 4 is 21.6 Å². The van der Waals surface area contributed by atoms with Gasteiger partial charge in [0.1, 0.15) is 0 Å². The van der Waals surface area contributed by atoms with Crippen LogP contribution in [-0.2, 0) is 14.8 Å². The van der Waals surface area contributed by atoms with Gasteiger partial charge in [-0.15, -0.1) is 0 Å². The van der Waals surface area contributed by atoms with Crippen molar-refractivity contribution in [2.45, 2.75) is 25.2 Å². The lowest BCUT2D eigenvalue weighted by atomic mass is 10.1. The van der Waals surface area contributed by atoms with Gasteiger partial charge in [-0.25, -0.2) is 8.42 Å². The number of morpholine rings is 1. The fourth-order valence-corrected chi connectivity index (χ4v) is 4.40. The number of sulfonamides is 1. The van der Waals surface area contributed by atoms with Crippen LogP contribution in [0.15, 0.2) is 47.4 Å². The van der Waals surface area contributed by atoms with E-state index in [0.29, 0.717) is 23.4 Å². The van der Waals surface area contributed by atoms with Crippen molar-refractivity contribution in [2.75, 3.05) is 44.1 Å². The molecular weight excluding hydrogens is 402 g/mol. The summed E-state index contributed by atoms with van der Waals surface area (Å²) in [4.78, 5) is 14.9. The minimum Gasteiger partial charge on any atom is -0.379 e. The van der Waals surface area contributed by atoms with E-state index in [0.717, 1.165) is 44.8 Å². The molecule has 1 aliphatic rings. The van der Waals surface area contributed by atoms with Gasteiger partial charge in [-0.05, 0) is 62.7 Å². The molecule has 2 aromatic carbocycles. The van der Waals surface area contributed by atoms with E-state index in [9.17, 15) is 13.2 Å². The van der Waals surface area contributed by atoms with E-state index < -0.39 is 10.0 Å². The number of carbonyl (C=O) groups excluding carboxylic acids is 1. The van der Waals surface area contributed by atoms with Gasteiger partial charge in [0.25, 0.3) is 15.9 Å². The number of hydrogen-bond acceptors (Lipinski definition) is 5. The Morgan fingerprint density at radius 2 is 1.77 bits per heavy atom. The third kappa shape index (κ3) is 6.04. The second kappa shape index (κ2) is 10.1. The molecule has 2 N–H and O–H groups in total. The smallest absolute Gasteiger partial charge is 0.261 e. The molecule has 1 saturated heterocycles. The first-order valence-electron chi connectivity index (χ1n) is 10.1. The van der Waals surface area contributed by atoms with E-state index in [1.165, 1.54) is 0 Å². The van der Waals surface area contributed by atoms with Gasteiger partial charge in [0.15, 0.2) is 0 Å². The number of hydrogen-bond donors (Lipinski definition) is 2. The van der Waals surface area contributed by atoms with Crippen LogP contribution in [0.25, 0.3) is 0 Å². The van der Waals surface area contributed by atoms with Gasteiger partial charge < -0.3 is 10.1 Å². The fourth-order valence-electron chi connectivity index (χ4n) is 3.27. The van der Waals surface area contributed by atoms with Crippen molar-refractivity contribution in [3.05, 3.63) is 59.2 Å². The number of carbonyl (C=O) groups is 1. The number of benzene rings is 2. The van der Waals surface area contributed by atoms with Crippen molar-refractivity contribution < 1.29 is 17.9 Å². The Kier molecular flexibility index (Phi) is 7.47. The Balaban J connectivity index is 1.55. The molecule has 0 bridgehead atoms. The molecule has 1 amide bonds. The Morgan fingerprint density at radius 3 is 2.43 bits per heavy atom. The predicted octanol–water partition coefficient (Wildman–Crippen LogP) is 2.56. The van der Waals surface area contributed by atoms with Crippen molar-refractivity contribution in [2.24, 2.45) is 0 Å². The SMILES string of the molecule is Cc1ccc(S(=O)(=O)Nc2ccc(C(=O)NCCCN3CCOCC3)cc2C)cc1. The number of rotatable bonds is 8. The Morgan fingerprint density at radius 1 is 1.07 bits per heavy atom. The molecule has 2 aromatic rings. The molecule has 30 heavy (non-hydrogen) atoms. The molecule has 0 aromatic heterocycles.